The normalized spacial score (nSPS) is 9.42. The van der Waals surface area contributed by atoms with Gasteiger partial charge in [-0.25, -0.2) is 4.98 Å². The minimum Gasteiger partial charge on any atom is -0.347 e. The van der Waals surface area contributed by atoms with Crippen LogP contribution in [0.5, 0.6) is 0 Å². The molecule has 1 rings (SSSR count). The van der Waals surface area contributed by atoms with Gasteiger partial charge < -0.3 is 10.3 Å². The summed E-state index contributed by atoms with van der Waals surface area (Å²) in [6.07, 6.45) is 3.13. The third-order valence-corrected chi connectivity index (χ3v) is 1.35. The van der Waals surface area contributed by atoms with Gasteiger partial charge >= 0.3 is 0 Å². The SMILES string of the molecule is C=CCNC(=O)c1cnc(C)[nH]1. The van der Waals surface area contributed by atoms with Crippen molar-refractivity contribution in [3.8, 4) is 0 Å². The second kappa shape index (κ2) is 3.71. The molecule has 0 saturated heterocycles. The minimum absolute atomic E-state index is 0.157. The van der Waals surface area contributed by atoms with Crippen molar-refractivity contribution in [1.82, 2.24) is 15.3 Å². The van der Waals surface area contributed by atoms with Gasteiger partial charge in [-0.15, -0.1) is 6.58 Å². The van der Waals surface area contributed by atoms with Crippen LogP contribution >= 0.6 is 0 Å². The molecular formula is C8H11N3O. The zero-order chi connectivity index (χ0) is 8.97. The standard InChI is InChI=1S/C8H11N3O/c1-3-4-9-8(12)7-5-10-6(2)11-7/h3,5H,1,4H2,2H3,(H,9,12)(H,10,11). The molecule has 1 aromatic rings. The summed E-state index contributed by atoms with van der Waals surface area (Å²) >= 11 is 0. The Bertz CT molecular complexity index is 290. The molecule has 0 fully saturated rings. The van der Waals surface area contributed by atoms with Crippen LogP contribution in [0.4, 0.5) is 0 Å². The fraction of sp³-hybridized carbons (Fsp3) is 0.250. The van der Waals surface area contributed by atoms with Crippen LogP contribution < -0.4 is 5.32 Å². The van der Waals surface area contributed by atoms with Crippen molar-refractivity contribution < 1.29 is 4.79 Å². The molecule has 0 bridgehead atoms. The number of hydrogen-bond acceptors (Lipinski definition) is 2. The highest BCUT2D eigenvalue weighted by Gasteiger charge is 2.05. The smallest absolute Gasteiger partial charge is 0.269 e. The van der Waals surface area contributed by atoms with E-state index in [1.165, 1.54) is 6.20 Å². The van der Waals surface area contributed by atoms with Gasteiger partial charge in [0, 0.05) is 6.54 Å². The number of imidazole rings is 1. The molecule has 1 amide bonds. The first-order chi connectivity index (χ1) is 5.74. The zero-order valence-corrected chi connectivity index (χ0v) is 6.92. The summed E-state index contributed by atoms with van der Waals surface area (Å²) < 4.78 is 0. The van der Waals surface area contributed by atoms with Crippen LogP contribution in [0.3, 0.4) is 0 Å². The molecule has 0 atom stereocenters. The van der Waals surface area contributed by atoms with E-state index in [0.29, 0.717) is 12.2 Å². The van der Waals surface area contributed by atoms with Gasteiger partial charge in [-0.3, -0.25) is 4.79 Å². The van der Waals surface area contributed by atoms with Crippen LogP contribution in [-0.4, -0.2) is 22.4 Å². The first-order valence-electron chi connectivity index (χ1n) is 3.64. The lowest BCUT2D eigenvalue weighted by Crippen LogP contribution is -2.23. The first kappa shape index (κ1) is 8.52. The summed E-state index contributed by atoms with van der Waals surface area (Å²) in [5.41, 5.74) is 0.481. The number of aryl methyl sites for hydroxylation is 1. The van der Waals surface area contributed by atoms with Gasteiger partial charge in [0.25, 0.3) is 5.91 Å². The molecule has 0 radical (unpaired) electrons. The van der Waals surface area contributed by atoms with E-state index in [0.717, 1.165) is 5.82 Å². The molecule has 2 N–H and O–H groups in total. The number of rotatable bonds is 3. The lowest BCUT2D eigenvalue weighted by molar-refractivity contribution is 0.0953. The summed E-state index contributed by atoms with van der Waals surface area (Å²) in [6.45, 7) is 5.76. The summed E-state index contributed by atoms with van der Waals surface area (Å²) in [7, 11) is 0. The highest BCUT2D eigenvalue weighted by Crippen LogP contribution is 1.94. The zero-order valence-electron chi connectivity index (χ0n) is 6.92. The van der Waals surface area contributed by atoms with E-state index in [2.05, 4.69) is 21.9 Å². The van der Waals surface area contributed by atoms with Crippen LogP contribution in [0.15, 0.2) is 18.9 Å². The van der Waals surface area contributed by atoms with Crippen molar-refractivity contribution in [3.63, 3.8) is 0 Å². The monoisotopic (exact) mass is 165 g/mol. The third kappa shape index (κ3) is 1.95. The Hall–Kier alpha value is -1.58. The topological polar surface area (TPSA) is 57.8 Å². The molecule has 4 heteroatoms. The average molecular weight is 165 g/mol. The Balaban J connectivity index is 2.59. The molecule has 1 aromatic heterocycles. The Morgan fingerprint density at radius 2 is 2.67 bits per heavy atom. The predicted octanol–water partition coefficient (Wildman–Crippen LogP) is 0.634. The van der Waals surface area contributed by atoms with Crippen molar-refractivity contribution >= 4 is 5.91 Å². The van der Waals surface area contributed by atoms with Crippen LogP contribution in [0, 0.1) is 6.92 Å². The Morgan fingerprint density at radius 1 is 1.92 bits per heavy atom. The van der Waals surface area contributed by atoms with Crippen LogP contribution in [-0.2, 0) is 0 Å². The molecule has 4 nitrogen and oxygen atoms in total. The lowest BCUT2D eigenvalue weighted by Gasteiger charge is -1.97. The number of aromatic nitrogens is 2. The van der Waals surface area contributed by atoms with Gasteiger partial charge in [0.1, 0.15) is 11.5 Å². The number of aromatic amines is 1. The van der Waals surface area contributed by atoms with Gasteiger partial charge in [-0.2, -0.15) is 0 Å². The molecule has 1 heterocycles. The molecule has 0 aliphatic rings. The van der Waals surface area contributed by atoms with E-state index >= 15 is 0 Å². The van der Waals surface area contributed by atoms with E-state index in [-0.39, 0.29) is 5.91 Å². The molecular weight excluding hydrogens is 154 g/mol. The van der Waals surface area contributed by atoms with E-state index in [1.54, 1.807) is 13.0 Å². The maximum absolute atomic E-state index is 11.2. The number of nitrogens with one attached hydrogen (secondary N) is 2. The molecule has 0 aliphatic carbocycles. The van der Waals surface area contributed by atoms with Gasteiger partial charge in [0.15, 0.2) is 0 Å². The van der Waals surface area contributed by atoms with Crippen molar-refractivity contribution in [2.45, 2.75) is 6.92 Å². The van der Waals surface area contributed by atoms with E-state index in [4.69, 9.17) is 0 Å². The van der Waals surface area contributed by atoms with Gasteiger partial charge in [0.05, 0.1) is 6.20 Å². The molecule has 0 saturated carbocycles. The maximum atomic E-state index is 11.2. The fourth-order valence-electron chi connectivity index (χ4n) is 0.796. The molecule has 64 valence electrons. The van der Waals surface area contributed by atoms with Crippen molar-refractivity contribution in [2.75, 3.05) is 6.54 Å². The second-order valence-corrected chi connectivity index (χ2v) is 2.38. The predicted molar refractivity (Wildman–Crippen MR) is 45.9 cm³/mol. The molecule has 12 heavy (non-hydrogen) atoms. The second-order valence-electron chi connectivity index (χ2n) is 2.38. The minimum atomic E-state index is -0.157. The molecule has 0 aromatic carbocycles. The quantitative estimate of drug-likeness (QED) is 0.645. The Labute approximate surface area is 70.7 Å². The van der Waals surface area contributed by atoms with Crippen molar-refractivity contribution in [3.05, 3.63) is 30.4 Å². The number of H-pyrrole nitrogens is 1. The van der Waals surface area contributed by atoms with Gasteiger partial charge in [-0.1, -0.05) is 6.08 Å². The number of carbonyl (C=O) groups excluding carboxylic acids is 1. The van der Waals surface area contributed by atoms with E-state index in [9.17, 15) is 4.79 Å². The van der Waals surface area contributed by atoms with Crippen molar-refractivity contribution in [1.29, 1.82) is 0 Å². The number of hydrogen-bond donors (Lipinski definition) is 2. The summed E-state index contributed by atoms with van der Waals surface area (Å²) in [5.74, 6) is 0.578. The number of amides is 1. The van der Waals surface area contributed by atoms with Gasteiger partial charge in [-0.05, 0) is 6.92 Å². The first-order valence-corrected chi connectivity index (χ1v) is 3.64. The summed E-state index contributed by atoms with van der Waals surface area (Å²) in [5, 5.41) is 2.63. The lowest BCUT2D eigenvalue weighted by atomic mass is 10.4. The van der Waals surface area contributed by atoms with Crippen LogP contribution in [0.25, 0.3) is 0 Å². The highest BCUT2D eigenvalue weighted by atomic mass is 16.1. The van der Waals surface area contributed by atoms with E-state index in [1.807, 2.05) is 0 Å². The van der Waals surface area contributed by atoms with Gasteiger partial charge in [0.2, 0.25) is 0 Å². The maximum Gasteiger partial charge on any atom is 0.269 e. The van der Waals surface area contributed by atoms with Crippen molar-refractivity contribution in [2.24, 2.45) is 0 Å². The molecule has 0 unspecified atom stereocenters. The van der Waals surface area contributed by atoms with Crippen LogP contribution in [0.1, 0.15) is 16.3 Å². The van der Waals surface area contributed by atoms with Crippen LogP contribution in [0.2, 0.25) is 0 Å². The largest absolute Gasteiger partial charge is 0.347 e. The third-order valence-electron chi connectivity index (χ3n) is 1.35. The number of nitrogens with zero attached hydrogens (tertiary/aromatic N) is 1. The average Bonchev–Trinajstić information content (AvgIpc) is 2.47. The number of carbonyl (C=O) groups is 1. The highest BCUT2D eigenvalue weighted by molar-refractivity contribution is 5.92. The molecule has 0 spiro atoms. The Kier molecular flexibility index (Phi) is 2.63. The summed E-state index contributed by atoms with van der Waals surface area (Å²) in [6, 6.07) is 0. The fourth-order valence-corrected chi connectivity index (χ4v) is 0.796. The Morgan fingerprint density at radius 3 is 3.17 bits per heavy atom. The summed E-state index contributed by atoms with van der Waals surface area (Å²) in [4.78, 5) is 17.9. The van der Waals surface area contributed by atoms with E-state index < -0.39 is 0 Å². The molecule has 0 aliphatic heterocycles.